The Morgan fingerprint density at radius 3 is 2.10 bits per heavy atom. The zero-order valence-corrected chi connectivity index (χ0v) is 16.0. The van der Waals surface area contributed by atoms with Gasteiger partial charge in [0.15, 0.2) is 5.82 Å². The van der Waals surface area contributed by atoms with Gasteiger partial charge in [-0.15, -0.1) is 0 Å². The molecule has 0 aliphatic heterocycles. The Labute approximate surface area is 174 Å². The van der Waals surface area contributed by atoms with Crippen LogP contribution < -0.4 is 11.1 Å². The largest absolute Gasteiger partial charge is 0.368 e. The molecule has 0 aliphatic carbocycles. The van der Waals surface area contributed by atoms with Gasteiger partial charge in [-0.3, -0.25) is 0 Å². The molecule has 0 spiro atoms. The van der Waals surface area contributed by atoms with Crippen LogP contribution in [0.25, 0.3) is 22.8 Å². The smallest absolute Gasteiger partial charge is 0.232 e. The maximum Gasteiger partial charge on any atom is 0.232 e. The summed E-state index contributed by atoms with van der Waals surface area (Å²) in [6.07, 6.45) is 1.73. The van der Waals surface area contributed by atoms with E-state index in [0.717, 1.165) is 22.4 Å². The van der Waals surface area contributed by atoms with Crippen molar-refractivity contribution in [2.24, 2.45) is 0 Å². The fraction of sp³-hybridized carbons (Fsp3) is 0. The molecule has 0 saturated heterocycles. The van der Waals surface area contributed by atoms with Crippen molar-refractivity contribution in [3.05, 3.63) is 96.3 Å². The normalized spacial score (nSPS) is 11.0. The van der Waals surface area contributed by atoms with Gasteiger partial charge in [0, 0.05) is 5.69 Å². The molecule has 4 aromatic rings. The molecule has 6 heteroatoms. The third-order valence-electron chi connectivity index (χ3n) is 4.37. The lowest BCUT2D eigenvalue weighted by molar-refractivity contribution is 1.04. The molecule has 1 heterocycles. The van der Waals surface area contributed by atoms with Gasteiger partial charge in [-0.25, -0.2) is 0 Å². The number of benzene rings is 3. The Balaban J connectivity index is 1.62. The Kier molecular flexibility index (Phi) is 5.45. The van der Waals surface area contributed by atoms with Gasteiger partial charge in [0.05, 0.1) is 5.57 Å². The van der Waals surface area contributed by atoms with Crippen LogP contribution in [-0.2, 0) is 0 Å². The van der Waals surface area contributed by atoms with Gasteiger partial charge in [-0.2, -0.15) is 20.2 Å². The molecule has 0 amide bonds. The molecule has 30 heavy (non-hydrogen) atoms. The topological polar surface area (TPSA) is 101 Å². The van der Waals surface area contributed by atoms with Crippen molar-refractivity contribution in [2.75, 3.05) is 11.1 Å². The fourth-order valence-corrected chi connectivity index (χ4v) is 2.94. The highest BCUT2D eigenvalue weighted by Crippen LogP contribution is 2.22. The third-order valence-corrected chi connectivity index (χ3v) is 4.37. The minimum absolute atomic E-state index is 0.0407. The van der Waals surface area contributed by atoms with Gasteiger partial charge in [-0.1, -0.05) is 72.8 Å². The summed E-state index contributed by atoms with van der Waals surface area (Å²) in [6, 6.07) is 29.7. The summed E-state index contributed by atoms with van der Waals surface area (Å²) >= 11 is 0. The van der Waals surface area contributed by atoms with Crippen LogP contribution in [0.5, 0.6) is 0 Å². The molecule has 0 atom stereocenters. The maximum absolute atomic E-state index is 9.66. The van der Waals surface area contributed by atoms with E-state index in [-0.39, 0.29) is 17.7 Å². The first-order valence-electron chi connectivity index (χ1n) is 9.32. The Morgan fingerprint density at radius 1 is 0.800 bits per heavy atom. The second kappa shape index (κ2) is 8.67. The van der Waals surface area contributed by atoms with Crippen molar-refractivity contribution in [1.82, 2.24) is 15.0 Å². The molecule has 144 valence electrons. The number of allylic oxidation sites excluding steroid dienone is 1. The average Bonchev–Trinajstić information content (AvgIpc) is 2.79. The maximum atomic E-state index is 9.66. The molecule has 4 rings (SSSR count). The van der Waals surface area contributed by atoms with Crippen molar-refractivity contribution >= 4 is 29.2 Å². The SMILES string of the molecule is N#C/C(=C\c1ccc(-c2ccccc2)cc1)c1nc(N)nc(Nc2ccccc2)n1. The summed E-state index contributed by atoms with van der Waals surface area (Å²) in [6.45, 7) is 0. The number of nitrogens with one attached hydrogen (secondary N) is 1. The highest BCUT2D eigenvalue weighted by molar-refractivity contribution is 5.87. The zero-order valence-electron chi connectivity index (χ0n) is 16.0. The Bertz CT molecular complexity index is 1210. The summed E-state index contributed by atoms with van der Waals surface area (Å²) in [5, 5.41) is 12.7. The number of nitrogen functional groups attached to an aromatic ring is 1. The summed E-state index contributed by atoms with van der Waals surface area (Å²) in [5.41, 5.74) is 10.1. The van der Waals surface area contributed by atoms with Crippen LogP contribution >= 0.6 is 0 Å². The van der Waals surface area contributed by atoms with Crippen LogP contribution in [0.1, 0.15) is 11.4 Å². The van der Waals surface area contributed by atoms with Gasteiger partial charge in [-0.05, 0) is 34.9 Å². The van der Waals surface area contributed by atoms with Crippen LogP contribution in [-0.4, -0.2) is 15.0 Å². The second-order valence-corrected chi connectivity index (χ2v) is 6.49. The Morgan fingerprint density at radius 2 is 1.43 bits per heavy atom. The van der Waals surface area contributed by atoms with E-state index < -0.39 is 0 Å². The quantitative estimate of drug-likeness (QED) is 0.469. The minimum Gasteiger partial charge on any atom is -0.368 e. The molecule has 6 nitrogen and oxygen atoms in total. The van der Waals surface area contributed by atoms with Gasteiger partial charge in [0.2, 0.25) is 11.9 Å². The highest BCUT2D eigenvalue weighted by atomic mass is 15.2. The lowest BCUT2D eigenvalue weighted by Crippen LogP contribution is -2.06. The third kappa shape index (κ3) is 4.49. The average molecular weight is 390 g/mol. The molecule has 3 N–H and O–H groups in total. The fourth-order valence-electron chi connectivity index (χ4n) is 2.94. The van der Waals surface area contributed by atoms with E-state index in [1.165, 1.54) is 0 Å². The molecule has 0 radical (unpaired) electrons. The van der Waals surface area contributed by atoms with Gasteiger partial charge in [0.1, 0.15) is 6.07 Å². The van der Waals surface area contributed by atoms with Gasteiger partial charge < -0.3 is 11.1 Å². The molecular weight excluding hydrogens is 372 g/mol. The van der Waals surface area contributed by atoms with Crippen LogP contribution in [0.2, 0.25) is 0 Å². The standard InChI is InChI=1S/C24H18N6/c25-16-20(15-17-11-13-19(14-12-17)18-7-3-1-4-8-18)22-28-23(26)30-24(29-22)27-21-9-5-2-6-10-21/h1-15H,(H3,26,27,28,29,30)/b20-15+. The highest BCUT2D eigenvalue weighted by Gasteiger charge is 2.10. The molecule has 1 aromatic heterocycles. The first-order valence-corrected chi connectivity index (χ1v) is 9.32. The van der Waals surface area contributed by atoms with E-state index in [0.29, 0.717) is 5.57 Å². The lowest BCUT2D eigenvalue weighted by atomic mass is 10.0. The van der Waals surface area contributed by atoms with E-state index in [9.17, 15) is 5.26 Å². The number of anilines is 3. The van der Waals surface area contributed by atoms with Gasteiger partial charge >= 0.3 is 0 Å². The first kappa shape index (κ1) is 18.8. The van der Waals surface area contributed by atoms with Crippen LogP contribution in [0, 0.1) is 11.3 Å². The van der Waals surface area contributed by atoms with E-state index in [1.54, 1.807) is 6.08 Å². The number of hydrogen-bond donors (Lipinski definition) is 2. The van der Waals surface area contributed by atoms with Crippen LogP contribution in [0.3, 0.4) is 0 Å². The summed E-state index contributed by atoms with van der Waals surface area (Å²) in [4.78, 5) is 12.6. The molecule has 0 bridgehead atoms. The predicted molar refractivity (Wildman–Crippen MR) is 119 cm³/mol. The zero-order chi connectivity index (χ0) is 20.8. The van der Waals surface area contributed by atoms with E-state index in [4.69, 9.17) is 5.73 Å². The number of nitrogens with two attached hydrogens (primary N) is 1. The lowest BCUT2D eigenvalue weighted by Gasteiger charge is -2.07. The predicted octanol–water partition coefficient (Wildman–Crippen LogP) is 4.93. The van der Waals surface area contributed by atoms with E-state index >= 15 is 0 Å². The van der Waals surface area contributed by atoms with Crippen molar-refractivity contribution in [3.63, 3.8) is 0 Å². The molecule has 0 unspecified atom stereocenters. The number of para-hydroxylation sites is 1. The number of aromatic nitrogens is 3. The number of nitriles is 1. The summed E-state index contributed by atoms with van der Waals surface area (Å²) < 4.78 is 0. The molecule has 3 aromatic carbocycles. The minimum atomic E-state index is 0.0407. The van der Waals surface area contributed by atoms with Crippen molar-refractivity contribution in [1.29, 1.82) is 5.26 Å². The molecular formula is C24H18N6. The van der Waals surface area contributed by atoms with E-state index in [1.807, 2.05) is 72.8 Å². The van der Waals surface area contributed by atoms with E-state index in [2.05, 4.69) is 38.5 Å². The molecule has 0 saturated carbocycles. The summed E-state index contributed by atoms with van der Waals surface area (Å²) in [5.74, 6) is 0.541. The Hall–Kier alpha value is -4.50. The van der Waals surface area contributed by atoms with Gasteiger partial charge in [0.25, 0.3) is 0 Å². The number of rotatable bonds is 5. The second-order valence-electron chi connectivity index (χ2n) is 6.49. The monoisotopic (exact) mass is 390 g/mol. The van der Waals surface area contributed by atoms with Crippen molar-refractivity contribution in [2.45, 2.75) is 0 Å². The van der Waals surface area contributed by atoms with Crippen molar-refractivity contribution < 1.29 is 0 Å². The molecule has 0 fully saturated rings. The number of hydrogen-bond acceptors (Lipinski definition) is 6. The van der Waals surface area contributed by atoms with Crippen LogP contribution in [0.4, 0.5) is 17.6 Å². The summed E-state index contributed by atoms with van der Waals surface area (Å²) in [7, 11) is 0. The first-order chi connectivity index (χ1) is 14.7. The molecule has 0 aliphatic rings. The number of nitrogens with zero attached hydrogens (tertiary/aromatic N) is 4. The van der Waals surface area contributed by atoms with Crippen LogP contribution in [0.15, 0.2) is 84.9 Å². The van der Waals surface area contributed by atoms with Crippen molar-refractivity contribution in [3.8, 4) is 17.2 Å².